The predicted octanol–water partition coefficient (Wildman–Crippen LogP) is 4.62. The number of primary amides is 1. The van der Waals surface area contributed by atoms with Gasteiger partial charge in [-0.2, -0.15) is 0 Å². The van der Waals surface area contributed by atoms with Crippen LogP contribution < -0.4 is 15.4 Å². The van der Waals surface area contributed by atoms with E-state index in [9.17, 15) is 18.9 Å². The molecule has 226 valence electrons. The normalized spacial score (nSPS) is 15.1. The van der Waals surface area contributed by atoms with Gasteiger partial charge in [-0.15, -0.1) is 0 Å². The number of nitrogens with two attached hydrogens (primary N) is 1. The van der Waals surface area contributed by atoms with Crippen LogP contribution in [0.15, 0.2) is 53.6 Å². The highest BCUT2D eigenvalue weighted by Crippen LogP contribution is 2.44. The summed E-state index contributed by atoms with van der Waals surface area (Å²) in [6.45, 7) is 9.53. The number of anilines is 1. The van der Waals surface area contributed by atoms with Gasteiger partial charge < -0.3 is 29.9 Å². The lowest BCUT2D eigenvalue weighted by molar-refractivity contribution is 0.0687. The van der Waals surface area contributed by atoms with Crippen molar-refractivity contribution in [3.05, 3.63) is 65.5 Å². The molecule has 0 radical (unpaired) electrons. The first-order valence-electron chi connectivity index (χ1n) is 14.0. The number of likely N-dealkylation sites (N-methyl/N-ethyl adjacent to an activating group) is 1. The van der Waals surface area contributed by atoms with Crippen LogP contribution in [0.3, 0.4) is 0 Å². The number of carboxylic acids is 1. The number of aryl methyl sites for hydroxylation is 1. The Morgan fingerprint density at radius 2 is 1.74 bits per heavy atom. The number of carbonyl (C=O) groups excluding carboxylic acids is 1. The number of rotatable bonds is 7. The highest BCUT2D eigenvalue weighted by Gasteiger charge is 2.31. The molecular weight excluding hydrogens is 566 g/mol. The molecule has 43 heavy (non-hydrogen) atoms. The SMILES string of the molecule is CN1CCN(c2cc(Oc3cccc4c(-c5cc(S(C)=O)c(C(N)=O)cc5C(C)(C)C)c(C(=O)O)n(C)c34)ccn2)CC1. The first-order chi connectivity index (χ1) is 20.3. The van der Waals surface area contributed by atoms with Crippen molar-refractivity contribution in [2.45, 2.75) is 31.1 Å². The molecule has 0 bridgehead atoms. The number of amides is 1. The fourth-order valence-electron chi connectivity index (χ4n) is 5.72. The molecule has 1 unspecified atom stereocenters. The summed E-state index contributed by atoms with van der Waals surface area (Å²) in [4.78, 5) is 34.5. The third-order valence-corrected chi connectivity index (χ3v) is 8.88. The molecule has 1 aliphatic heterocycles. The van der Waals surface area contributed by atoms with Gasteiger partial charge in [0.2, 0.25) is 5.91 Å². The minimum Gasteiger partial charge on any atom is -0.477 e. The van der Waals surface area contributed by atoms with Crippen LogP contribution >= 0.6 is 0 Å². The van der Waals surface area contributed by atoms with Gasteiger partial charge in [0, 0.05) is 62.7 Å². The molecule has 10 nitrogen and oxygen atoms in total. The number of fused-ring (bicyclic) bond motifs is 1. The van der Waals surface area contributed by atoms with E-state index in [-0.39, 0.29) is 16.2 Å². The average Bonchev–Trinajstić information content (AvgIpc) is 3.25. The minimum atomic E-state index is -1.55. The van der Waals surface area contributed by atoms with Gasteiger partial charge in [-0.3, -0.25) is 9.00 Å². The second kappa shape index (κ2) is 11.5. The Morgan fingerprint density at radius 1 is 1.05 bits per heavy atom. The Morgan fingerprint density at radius 3 is 2.35 bits per heavy atom. The molecule has 11 heteroatoms. The van der Waals surface area contributed by atoms with Crippen molar-refractivity contribution in [2.24, 2.45) is 12.8 Å². The van der Waals surface area contributed by atoms with Crippen LogP contribution in [0, 0.1) is 0 Å². The van der Waals surface area contributed by atoms with Gasteiger partial charge in [0.15, 0.2) is 5.75 Å². The van der Waals surface area contributed by atoms with Crippen LogP contribution in [0.4, 0.5) is 5.82 Å². The van der Waals surface area contributed by atoms with Gasteiger partial charge in [-0.05, 0) is 47.9 Å². The van der Waals surface area contributed by atoms with Crippen LogP contribution in [0.5, 0.6) is 11.5 Å². The molecule has 3 N–H and O–H groups in total. The molecule has 0 saturated carbocycles. The number of carboxylic acid groups (broad SMARTS) is 1. The number of ether oxygens (including phenoxy) is 1. The predicted molar refractivity (Wildman–Crippen MR) is 169 cm³/mol. The zero-order chi connectivity index (χ0) is 31.2. The van der Waals surface area contributed by atoms with Crippen molar-refractivity contribution < 1.29 is 23.6 Å². The number of carbonyl (C=O) groups is 2. The summed E-state index contributed by atoms with van der Waals surface area (Å²) >= 11 is 0. The maximum Gasteiger partial charge on any atom is 0.353 e. The molecule has 5 rings (SSSR count). The monoisotopic (exact) mass is 603 g/mol. The molecule has 0 spiro atoms. The fraction of sp³-hybridized carbons (Fsp3) is 0.344. The average molecular weight is 604 g/mol. The van der Waals surface area contributed by atoms with Crippen LogP contribution in [-0.4, -0.2) is 75.1 Å². The third kappa shape index (κ3) is 5.74. The lowest BCUT2D eigenvalue weighted by Crippen LogP contribution is -2.44. The number of hydrogen-bond acceptors (Lipinski definition) is 7. The topological polar surface area (TPSA) is 131 Å². The molecule has 0 aliphatic carbocycles. The Kier molecular flexibility index (Phi) is 8.06. The Balaban J connectivity index is 1.71. The van der Waals surface area contributed by atoms with E-state index in [0.29, 0.717) is 39.1 Å². The van der Waals surface area contributed by atoms with Crippen molar-refractivity contribution in [3.63, 3.8) is 0 Å². The summed E-state index contributed by atoms with van der Waals surface area (Å²) < 4.78 is 20.8. The van der Waals surface area contributed by atoms with Gasteiger partial charge in [0.25, 0.3) is 0 Å². The summed E-state index contributed by atoms with van der Waals surface area (Å²) in [5.41, 5.74) is 7.71. The summed E-state index contributed by atoms with van der Waals surface area (Å²) in [5.74, 6) is 0.0677. The molecule has 2 aromatic carbocycles. The molecule has 1 saturated heterocycles. The Bertz CT molecular complexity index is 1770. The van der Waals surface area contributed by atoms with Crippen molar-refractivity contribution in [3.8, 4) is 22.6 Å². The summed E-state index contributed by atoms with van der Waals surface area (Å²) in [7, 11) is 2.24. The lowest BCUT2D eigenvalue weighted by Gasteiger charge is -2.33. The molecule has 1 amide bonds. The van der Waals surface area contributed by atoms with Crippen molar-refractivity contribution >= 4 is 39.4 Å². The van der Waals surface area contributed by atoms with Crippen molar-refractivity contribution in [1.82, 2.24) is 14.5 Å². The summed E-state index contributed by atoms with van der Waals surface area (Å²) in [6.07, 6.45) is 3.19. The van der Waals surface area contributed by atoms with Gasteiger partial charge >= 0.3 is 5.97 Å². The Hall–Kier alpha value is -4.22. The van der Waals surface area contributed by atoms with Gasteiger partial charge in [-0.25, -0.2) is 9.78 Å². The maximum absolute atomic E-state index is 12.8. The number of benzene rings is 2. The number of para-hydroxylation sites is 1. The number of hydrogen-bond donors (Lipinski definition) is 2. The highest BCUT2D eigenvalue weighted by molar-refractivity contribution is 7.84. The molecule has 1 atom stereocenters. The largest absolute Gasteiger partial charge is 0.477 e. The number of aromatic nitrogens is 2. The second-order valence-electron chi connectivity index (χ2n) is 11.9. The molecule has 1 aliphatic rings. The second-order valence-corrected chi connectivity index (χ2v) is 13.3. The van der Waals surface area contributed by atoms with E-state index in [0.717, 1.165) is 32.0 Å². The fourth-order valence-corrected chi connectivity index (χ4v) is 6.47. The minimum absolute atomic E-state index is 0.0454. The first kappa shape index (κ1) is 30.2. The van der Waals surface area contributed by atoms with Gasteiger partial charge in [-0.1, -0.05) is 32.9 Å². The van der Waals surface area contributed by atoms with E-state index < -0.39 is 28.1 Å². The Labute approximate surface area is 253 Å². The van der Waals surface area contributed by atoms with Crippen LogP contribution in [0.2, 0.25) is 0 Å². The van der Waals surface area contributed by atoms with E-state index in [2.05, 4.69) is 21.8 Å². The zero-order valence-electron chi connectivity index (χ0n) is 25.3. The third-order valence-electron chi connectivity index (χ3n) is 7.92. The first-order valence-corrected chi connectivity index (χ1v) is 15.6. The van der Waals surface area contributed by atoms with Crippen molar-refractivity contribution in [2.75, 3.05) is 44.4 Å². The van der Waals surface area contributed by atoms with Crippen LogP contribution in [0.1, 0.15) is 47.2 Å². The summed E-state index contributed by atoms with van der Waals surface area (Å²) in [5, 5.41) is 11.1. The standard InChI is InChI=1S/C32H37N5O5S/c1-32(2,3)23-17-22(30(33)38)25(43(6)41)18-21(23)27-20-8-7-9-24(28(20)36(5)29(27)31(39)40)42-19-10-11-34-26(16-19)37-14-12-35(4)13-15-37/h7-11,16-18H,12-15H2,1-6H3,(H2,33,38)(H,39,40). The van der Waals surface area contributed by atoms with E-state index in [4.69, 9.17) is 10.5 Å². The summed E-state index contributed by atoms with van der Waals surface area (Å²) in [6, 6.07) is 12.5. The van der Waals surface area contributed by atoms with Gasteiger partial charge in [0.05, 0.1) is 26.8 Å². The molecule has 1 fully saturated rings. The number of piperazine rings is 1. The van der Waals surface area contributed by atoms with E-state index >= 15 is 0 Å². The molecule has 4 aromatic rings. The highest BCUT2D eigenvalue weighted by atomic mass is 32.2. The van der Waals surface area contributed by atoms with Crippen molar-refractivity contribution in [1.29, 1.82) is 0 Å². The molecular formula is C32H37N5O5S. The van der Waals surface area contributed by atoms with E-state index in [1.54, 1.807) is 42.1 Å². The molecule has 2 aromatic heterocycles. The van der Waals surface area contributed by atoms with Crippen LogP contribution in [-0.2, 0) is 23.3 Å². The quantitative estimate of drug-likeness (QED) is 0.313. The number of nitrogens with zero attached hydrogens (tertiary/aromatic N) is 4. The smallest absolute Gasteiger partial charge is 0.353 e. The maximum atomic E-state index is 12.8. The zero-order valence-corrected chi connectivity index (χ0v) is 26.1. The van der Waals surface area contributed by atoms with E-state index in [1.807, 2.05) is 39.0 Å². The van der Waals surface area contributed by atoms with E-state index in [1.165, 1.54) is 6.26 Å². The number of aromatic carboxylic acids is 1. The lowest BCUT2D eigenvalue weighted by atomic mass is 9.80. The number of pyridine rings is 1. The van der Waals surface area contributed by atoms with Crippen LogP contribution in [0.25, 0.3) is 22.0 Å². The van der Waals surface area contributed by atoms with Gasteiger partial charge in [0.1, 0.15) is 17.3 Å². The molecule has 3 heterocycles.